The molecular formula is C55H88N6O13. The number of esters is 1. The normalized spacial score (nSPS) is 38.8. The van der Waals surface area contributed by atoms with Gasteiger partial charge in [-0.3, -0.25) is 9.78 Å². The first kappa shape index (κ1) is 59.7. The second-order valence-corrected chi connectivity index (χ2v) is 22.5. The number of methoxy groups -OCH3 is 2. The third-order valence-electron chi connectivity index (χ3n) is 16.3. The van der Waals surface area contributed by atoms with Gasteiger partial charge in [0.05, 0.1) is 53.8 Å². The van der Waals surface area contributed by atoms with E-state index >= 15 is 0 Å². The lowest BCUT2D eigenvalue weighted by Crippen LogP contribution is -2.61. The van der Waals surface area contributed by atoms with Crippen LogP contribution in [0.2, 0.25) is 0 Å². The van der Waals surface area contributed by atoms with Crippen LogP contribution in [0.1, 0.15) is 112 Å². The number of nitrogens with zero attached hydrogens (tertiary/aromatic N) is 6. The lowest BCUT2D eigenvalue weighted by Gasteiger charge is -2.49. The Kier molecular flexibility index (Phi) is 20.4. The molecule has 0 bridgehead atoms. The van der Waals surface area contributed by atoms with Gasteiger partial charge in [0.2, 0.25) is 0 Å². The van der Waals surface area contributed by atoms with Gasteiger partial charge in [0.15, 0.2) is 12.6 Å². The number of rotatable bonds is 15. The quantitative estimate of drug-likeness (QED) is 0.131. The number of hydrogen-bond acceptors (Lipinski definition) is 18. The van der Waals surface area contributed by atoms with Crippen LogP contribution in [-0.2, 0) is 50.9 Å². The number of aromatic nitrogens is 4. The number of ether oxygens (including phenoxy) is 7. The number of pyridine rings is 1. The van der Waals surface area contributed by atoms with E-state index in [1.165, 1.54) is 14.0 Å². The van der Waals surface area contributed by atoms with Gasteiger partial charge in [0.25, 0.3) is 0 Å². The van der Waals surface area contributed by atoms with Crippen molar-refractivity contribution in [3.63, 3.8) is 0 Å². The number of cyclic esters (lactones) is 1. The lowest BCUT2D eigenvalue weighted by molar-refractivity contribution is -0.318. The molecule has 0 saturated carbocycles. The van der Waals surface area contributed by atoms with E-state index in [0.29, 0.717) is 32.5 Å². The molecule has 19 atom stereocenters. The molecule has 0 amide bonds. The van der Waals surface area contributed by atoms with Gasteiger partial charge in [-0.2, -0.15) is 0 Å². The summed E-state index contributed by atoms with van der Waals surface area (Å²) in [5.41, 5.74) is -0.661. The Bertz CT molecular complexity index is 2200. The fourth-order valence-corrected chi connectivity index (χ4v) is 11.6. The van der Waals surface area contributed by atoms with E-state index in [2.05, 4.69) is 32.3 Å². The smallest absolute Gasteiger partial charge is 0.311 e. The molecule has 3 aliphatic rings. The fourth-order valence-electron chi connectivity index (χ4n) is 11.6. The van der Waals surface area contributed by atoms with Crippen LogP contribution in [-0.4, -0.2) is 193 Å². The molecule has 0 spiro atoms. The summed E-state index contributed by atoms with van der Waals surface area (Å²) in [6.45, 7) is 19.0. The molecule has 416 valence electrons. The Morgan fingerprint density at radius 2 is 1.64 bits per heavy atom. The number of carbonyl (C=O) groups is 1. The molecule has 19 nitrogen and oxygen atoms in total. The average molecular weight is 1040 g/mol. The Labute approximate surface area is 438 Å². The zero-order valence-electron chi connectivity index (χ0n) is 46.3. The summed E-state index contributed by atoms with van der Waals surface area (Å²) in [6.07, 6.45) is -3.29. The third kappa shape index (κ3) is 13.9. The summed E-state index contributed by atoms with van der Waals surface area (Å²) in [4.78, 5) is 22.7. The van der Waals surface area contributed by atoms with Crippen LogP contribution in [0.5, 0.6) is 0 Å². The third-order valence-corrected chi connectivity index (χ3v) is 16.3. The van der Waals surface area contributed by atoms with Crippen molar-refractivity contribution in [3.8, 4) is 11.1 Å². The summed E-state index contributed by atoms with van der Waals surface area (Å²) in [6, 6.07) is 11.1. The highest BCUT2D eigenvalue weighted by Gasteiger charge is 2.53. The Morgan fingerprint density at radius 3 is 2.27 bits per heavy atom. The standard InChI is InChI=1S/C55H88N6O13/c1-15-44-55(10,67)48(63)36(6)60(12)29-32(2)26-53(8,66)50(34(4)47(35(5)51(65)72-44)73-45-27-54(9,69-14)49(64)37(7)71-45)74-52-46(62)42(25-33(3)70-52)59(11)24-22-41-30-61(58-57-41)31-43(68-13)39-20-18-38(19-21-39)40-17-16-23-56-28-40/h16-21,23,28,30,32-37,42-50,52,62-64,66-67H,15,22,24-27,29,31H2,1-14H3/t32-,33-,34+,35-,36-,37+,42+,43?,44-,45+,46-,47+,48-,49+,50-,52+,53-,54-,55-/m1/s1. The van der Waals surface area contributed by atoms with Crippen molar-refractivity contribution < 1.29 is 63.5 Å². The van der Waals surface area contributed by atoms with E-state index in [9.17, 15) is 30.3 Å². The highest BCUT2D eigenvalue weighted by atomic mass is 16.7. The second kappa shape index (κ2) is 25.3. The summed E-state index contributed by atoms with van der Waals surface area (Å²) >= 11 is 0. The second-order valence-electron chi connectivity index (χ2n) is 22.5. The first-order chi connectivity index (χ1) is 34.8. The van der Waals surface area contributed by atoms with Gasteiger partial charge in [-0.15, -0.1) is 5.10 Å². The molecule has 3 aromatic rings. The summed E-state index contributed by atoms with van der Waals surface area (Å²) in [5.74, 6) is -2.78. The lowest BCUT2D eigenvalue weighted by atomic mass is 9.77. The van der Waals surface area contributed by atoms with E-state index in [1.54, 1.807) is 59.5 Å². The maximum absolute atomic E-state index is 14.5. The molecule has 0 aliphatic carbocycles. The topological polar surface area (TPSA) is 233 Å². The van der Waals surface area contributed by atoms with Gasteiger partial charge >= 0.3 is 5.97 Å². The molecule has 19 heteroatoms. The van der Waals surface area contributed by atoms with Crippen molar-refractivity contribution in [3.05, 3.63) is 66.2 Å². The largest absolute Gasteiger partial charge is 0.459 e. The van der Waals surface area contributed by atoms with Gasteiger partial charge in [-0.1, -0.05) is 56.3 Å². The molecule has 1 aromatic carbocycles. The molecule has 6 rings (SSSR count). The van der Waals surface area contributed by atoms with Gasteiger partial charge in [-0.05, 0) is 110 Å². The summed E-state index contributed by atoms with van der Waals surface area (Å²) in [5, 5.41) is 68.7. The zero-order chi connectivity index (χ0) is 54.4. The molecule has 5 N–H and O–H groups in total. The van der Waals surface area contributed by atoms with E-state index in [4.69, 9.17) is 33.2 Å². The molecular weight excluding hydrogens is 953 g/mol. The SMILES string of the molecule is CC[C@H]1OC(=O)[C@H](C)[C@@H](O[C@H]2C[C@@](C)(OC)[C@@H](O)[C@H](C)O2)[C@H](C)[C@@H](O[C@@H]2O[C@H](C)C[C@H](N(C)CCc3cn(CC(OC)c4ccc(-c5cccnc5)cc4)nn3)[C@H]2O)[C@](C)(O)C[C@@H](C)CN(C)[C@H](C)[C@@H](O)[C@]1(C)O. The van der Waals surface area contributed by atoms with Crippen LogP contribution >= 0.6 is 0 Å². The Morgan fingerprint density at radius 1 is 0.932 bits per heavy atom. The minimum Gasteiger partial charge on any atom is -0.459 e. The van der Waals surface area contributed by atoms with Crippen molar-refractivity contribution >= 4 is 5.97 Å². The predicted molar refractivity (Wildman–Crippen MR) is 276 cm³/mol. The van der Waals surface area contributed by atoms with E-state index in [0.717, 1.165) is 22.4 Å². The highest BCUT2D eigenvalue weighted by molar-refractivity contribution is 5.73. The molecule has 3 fully saturated rings. The Balaban J connectivity index is 1.24. The van der Waals surface area contributed by atoms with Gasteiger partial charge in [-0.25, -0.2) is 4.68 Å². The number of benzene rings is 1. The van der Waals surface area contributed by atoms with Crippen molar-refractivity contribution in [2.75, 3.05) is 41.4 Å². The zero-order valence-corrected chi connectivity index (χ0v) is 46.3. The fraction of sp³-hybridized carbons (Fsp3) is 0.745. The van der Waals surface area contributed by atoms with Crippen molar-refractivity contribution in [2.24, 2.45) is 17.8 Å². The van der Waals surface area contributed by atoms with E-state index in [-0.39, 0.29) is 37.4 Å². The predicted octanol–water partition coefficient (Wildman–Crippen LogP) is 4.55. The number of aliphatic hydroxyl groups excluding tert-OH is 3. The summed E-state index contributed by atoms with van der Waals surface area (Å²) < 4.78 is 46.1. The first-order valence-corrected chi connectivity index (χ1v) is 26.5. The molecule has 2 aromatic heterocycles. The van der Waals surface area contributed by atoms with Gasteiger partial charge < -0.3 is 68.5 Å². The molecule has 1 unspecified atom stereocenters. The number of carbonyl (C=O) groups excluding carboxylic acids is 1. The van der Waals surface area contributed by atoms with Crippen LogP contribution in [0.4, 0.5) is 0 Å². The van der Waals surface area contributed by atoms with Gasteiger partial charge in [0.1, 0.15) is 36.1 Å². The van der Waals surface area contributed by atoms with Crippen LogP contribution in [0.3, 0.4) is 0 Å². The Hall–Kier alpha value is -3.54. The maximum atomic E-state index is 14.5. The monoisotopic (exact) mass is 1040 g/mol. The van der Waals surface area contributed by atoms with Crippen LogP contribution in [0.25, 0.3) is 11.1 Å². The van der Waals surface area contributed by atoms with Crippen molar-refractivity contribution in [1.82, 2.24) is 29.8 Å². The molecule has 3 aliphatic heterocycles. The van der Waals surface area contributed by atoms with Crippen LogP contribution in [0.15, 0.2) is 55.0 Å². The first-order valence-electron chi connectivity index (χ1n) is 26.5. The average Bonchev–Trinajstić information content (AvgIpc) is 3.83. The van der Waals surface area contributed by atoms with Crippen molar-refractivity contribution in [1.29, 1.82) is 0 Å². The minimum atomic E-state index is -1.84. The van der Waals surface area contributed by atoms with E-state index < -0.39 is 102 Å². The number of aliphatic hydroxyl groups is 5. The minimum absolute atomic E-state index is 0.101. The van der Waals surface area contributed by atoms with Crippen molar-refractivity contribution in [2.45, 2.75) is 204 Å². The number of hydrogen-bond donors (Lipinski definition) is 5. The molecule has 0 radical (unpaired) electrons. The summed E-state index contributed by atoms with van der Waals surface area (Å²) in [7, 11) is 6.97. The van der Waals surface area contributed by atoms with Gasteiger partial charge in [0, 0.05) is 76.7 Å². The van der Waals surface area contributed by atoms with E-state index in [1.807, 2.05) is 76.4 Å². The highest BCUT2D eigenvalue weighted by Crippen LogP contribution is 2.40. The maximum Gasteiger partial charge on any atom is 0.311 e. The van der Waals surface area contributed by atoms with Crippen LogP contribution in [0, 0.1) is 17.8 Å². The van der Waals surface area contributed by atoms with Crippen LogP contribution < -0.4 is 0 Å². The molecule has 74 heavy (non-hydrogen) atoms. The number of likely N-dealkylation sites (N-methyl/N-ethyl adjacent to an activating group) is 2. The molecule has 3 saturated heterocycles. The molecule has 5 heterocycles.